The topological polar surface area (TPSA) is 69.6 Å². The van der Waals surface area contributed by atoms with Gasteiger partial charge in [0.15, 0.2) is 0 Å². The molecule has 1 fully saturated rings. The summed E-state index contributed by atoms with van der Waals surface area (Å²) >= 11 is 1.46. The lowest BCUT2D eigenvalue weighted by atomic mass is 9.96. The number of carboxylic acid groups (broad SMARTS) is 1. The summed E-state index contributed by atoms with van der Waals surface area (Å²) in [4.78, 5) is 24.9. The smallest absolute Gasteiger partial charge is 0.393 e. The first-order valence-electron chi connectivity index (χ1n) is 6.58. The number of rotatable bonds is 5. The van der Waals surface area contributed by atoms with Gasteiger partial charge in [0, 0.05) is 18.0 Å². The maximum absolute atomic E-state index is 12.8. The molecule has 1 aliphatic rings. The van der Waals surface area contributed by atoms with Crippen molar-refractivity contribution in [1.29, 1.82) is 0 Å². The molecule has 2 heterocycles. The SMILES string of the molecule is Cl.O=C(CN1C[C@@H](C(F)(F)F)[C@H](C(=O)O)C1)NCc1cccs1. The Morgan fingerprint density at radius 1 is 1.39 bits per heavy atom. The van der Waals surface area contributed by atoms with Gasteiger partial charge in [0.1, 0.15) is 0 Å². The second-order valence-corrected chi connectivity index (χ2v) is 6.18. The molecule has 0 aromatic carbocycles. The fourth-order valence-electron chi connectivity index (χ4n) is 2.45. The largest absolute Gasteiger partial charge is 0.481 e. The molecule has 1 aromatic rings. The van der Waals surface area contributed by atoms with Gasteiger partial charge in [-0.2, -0.15) is 13.2 Å². The molecular formula is C13H16ClF3N2O3S. The molecule has 0 bridgehead atoms. The van der Waals surface area contributed by atoms with Gasteiger partial charge >= 0.3 is 12.1 Å². The number of amides is 1. The zero-order valence-corrected chi connectivity index (χ0v) is 13.5. The summed E-state index contributed by atoms with van der Waals surface area (Å²) in [6.07, 6.45) is -4.58. The van der Waals surface area contributed by atoms with Crippen LogP contribution in [0.25, 0.3) is 0 Å². The van der Waals surface area contributed by atoms with Crippen LogP contribution in [-0.4, -0.2) is 47.7 Å². The van der Waals surface area contributed by atoms with Crippen molar-refractivity contribution in [3.8, 4) is 0 Å². The highest BCUT2D eigenvalue weighted by Gasteiger charge is 2.52. The first-order chi connectivity index (χ1) is 10.3. The van der Waals surface area contributed by atoms with E-state index >= 15 is 0 Å². The Hall–Kier alpha value is -1.32. The lowest BCUT2D eigenvalue weighted by molar-refractivity contribution is -0.188. The van der Waals surface area contributed by atoms with Crippen molar-refractivity contribution < 1.29 is 27.9 Å². The zero-order valence-electron chi connectivity index (χ0n) is 11.9. The van der Waals surface area contributed by atoms with E-state index < -0.39 is 36.4 Å². The number of carbonyl (C=O) groups is 2. The van der Waals surface area contributed by atoms with E-state index in [2.05, 4.69) is 5.32 Å². The van der Waals surface area contributed by atoms with Gasteiger partial charge in [-0.3, -0.25) is 14.5 Å². The molecule has 0 unspecified atom stereocenters. The molecule has 0 saturated carbocycles. The number of likely N-dealkylation sites (tertiary alicyclic amines) is 1. The van der Waals surface area contributed by atoms with E-state index in [-0.39, 0.29) is 25.5 Å². The number of halogens is 4. The van der Waals surface area contributed by atoms with Gasteiger partial charge in [-0.25, -0.2) is 0 Å². The minimum Gasteiger partial charge on any atom is -0.481 e. The van der Waals surface area contributed by atoms with E-state index in [1.165, 1.54) is 16.2 Å². The van der Waals surface area contributed by atoms with Gasteiger partial charge in [-0.1, -0.05) is 6.07 Å². The average Bonchev–Trinajstić information content (AvgIpc) is 3.04. The van der Waals surface area contributed by atoms with Crippen LogP contribution in [0.15, 0.2) is 17.5 Å². The number of alkyl halides is 3. The normalized spacial score (nSPS) is 21.7. The van der Waals surface area contributed by atoms with E-state index in [1.807, 2.05) is 17.5 Å². The molecule has 1 amide bonds. The van der Waals surface area contributed by atoms with Gasteiger partial charge in [0.25, 0.3) is 0 Å². The Morgan fingerprint density at radius 2 is 2.09 bits per heavy atom. The highest BCUT2D eigenvalue weighted by molar-refractivity contribution is 7.09. The van der Waals surface area contributed by atoms with Crippen LogP contribution in [0, 0.1) is 11.8 Å². The molecule has 2 rings (SSSR count). The third-order valence-corrected chi connectivity index (χ3v) is 4.42. The molecule has 0 radical (unpaired) electrons. The molecule has 0 aliphatic carbocycles. The summed E-state index contributed by atoms with van der Waals surface area (Å²) in [6.45, 7) is -0.657. The molecule has 1 saturated heterocycles. The Morgan fingerprint density at radius 3 is 2.57 bits per heavy atom. The fourth-order valence-corrected chi connectivity index (χ4v) is 3.10. The molecular weight excluding hydrogens is 357 g/mol. The number of hydrogen-bond donors (Lipinski definition) is 2. The van der Waals surface area contributed by atoms with Crippen LogP contribution in [0.1, 0.15) is 4.88 Å². The van der Waals surface area contributed by atoms with E-state index in [4.69, 9.17) is 5.11 Å². The molecule has 1 aromatic heterocycles. The van der Waals surface area contributed by atoms with Gasteiger partial charge in [0.2, 0.25) is 5.91 Å². The molecule has 5 nitrogen and oxygen atoms in total. The van der Waals surface area contributed by atoms with Crippen molar-refractivity contribution in [3.63, 3.8) is 0 Å². The Balaban J connectivity index is 0.00000264. The number of nitrogens with one attached hydrogen (secondary N) is 1. The van der Waals surface area contributed by atoms with Crippen molar-refractivity contribution in [2.75, 3.05) is 19.6 Å². The van der Waals surface area contributed by atoms with Crippen LogP contribution < -0.4 is 5.32 Å². The van der Waals surface area contributed by atoms with Gasteiger partial charge in [-0.15, -0.1) is 23.7 Å². The van der Waals surface area contributed by atoms with Crippen LogP contribution >= 0.6 is 23.7 Å². The maximum Gasteiger partial charge on any atom is 0.393 e. The summed E-state index contributed by atoms with van der Waals surface area (Å²) in [5.74, 6) is -5.36. The zero-order chi connectivity index (χ0) is 16.3. The second-order valence-electron chi connectivity index (χ2n) is 5.14. The standard InChI is InChI=1S/C13H15F3N2O3S.ClH/c14-13(15,16)10-6-18(5-9(10)12(20)21)7-11(19)17-4-8-2-1-3-22-8;/h1-3,9-10H,4-7H2,(H,17,19)(H,20,21);1H/t9-,10-;/m1./s1. The molecule has 2 atom stereocenters. The summed E-state index contributed by atoms with van der Waals surface area (Å²) in [5, 5.41) is 13.4. The van der Waals surface area contributed by atoms with E-state index in [1.54, 1.807) is 0 Å². The second kappa shape index (κ2) is 7.98. The minimum atomic E-state index is -4.58. The predicted octanol–water partition coefficient (Wildman–Crippen LogP) is 1.98. The third-order valence-electron chi connectivity index (χ3n) is 3.54. The number of hydrogen-bond acceptors (Lipinski definition) is 4. The Labute approximate surface area is 140 Å². The molecule has 23 heavy (non-hydrogen) atoms. The Kier molecular flexibility index (Phi) is 6.84. The highest BCUT2D eigenvalue weighted by atomic mass is 35.5. The monoisotopic (exact) mass is 372 g/mol. The number of carbonyl (C=O) groups excluding carboxylic acids is 1. The van der Waals surface area contributed by atoms with Crippen molar-refractivity contribution in [3.05, 3.63) is 22.4 Å². The van der Waals surface area contributed by atoms with Gasteiger partial charge < -0.3 is 10.4 Å². The van der Waals surface area contributed by atoms with Crippen LogP contribution in [-0.2, 0) is 16.1 Å². The Bertz CT molecular complexity index is 539. The van der Waals surface area contributed by atoms with E-state index in [0.717, 1.165) is 4.88 Å². The van der Waals surface area contributed by atoms with Crippen molar-refractivity contribution >= 4 is 35.6 Å². The van der Waals surface area contributed by atoms with Gasteiger partial charge in [-0.05, 0) is 11.4 Å². The number of thiophene rings is 1. The third kappa shape index (κ3) is 5.36. The van der Waals surface area contributed by atoms with Crippen molar-refractivity contribution in [2.24, 2.45) is 11.8 Å². The van der Waals surface area contributed by atoms with Crippen LogP contribution in [0.3, 0.4) is 0 Å². The summed E-state index contributed by atoms with van der Waals surface area (Å²) < 4.78 is 38.5. The summed E-state index contributed by atoms with van der Waals surface area (Å²) in [7, 11) is 0. The fraction of sp³-hybridized carbons (Fsp3) is 0.538. The summed E-state index contributed by atoms with van der Waals surface area (Å²) in [5.41, 5.74) is 0. The quantitative estimate of drug-likeness (QED) is 0.829. The molecule has 2 N–H and O–H groups in total. The first-order valence-corrected chi connectivity index (χ1v) is 7.46. The predicted molar refractivity (Wildman–Crippen MR) is 80.5 cm³/mol. The highest BCUT2D eigenvalue weighted by Crippen LogP contribution is 2.37. The lowest BCUT2D eigenvalue weighted by Crippen LogP contribution is -2.36. The van der Waals surface area contributed by atoms with Crippen molar-refractivity contribution in [2.45, 2.75) is 12.7 Å². The number of aliphatic carboxylic acids is 1. The maximum atomic E-state index is 12.8. The van der Waals surface area contributed by atoms with E-state index in [9.17, 15) is 22.8 Å². The van der Waals surface area contributed by atoms with Gasteiger partial charge in [0.05, 0.1) is 24.9 Å². The molecule has 10 heteroatoms. The number of nitrogens with zero attached hydrogens (tertiary/aromatic N) is 1. The summed E-state index contributed by atoms with van der Waals surface area (Å²) in [6, 6.07) is 3.67. The number of carboxylic acids is 1. The van der Waals surface area contributed by atoms with Crippen LogP contribution in [0.2, 0.25) is 0 Å². The first kappa shape index (κ1) is 19.7. The lowest BCUT2D eigenvalue weighted by Gasteiger charge is -2.18. The van der Waals surface area contributed by atoms with Crippen molar-refractivity contribution in [1.82, 2.24) is 10.2 Å². The van der Waals surface area contributed by atoms with E-state index in [0.29, 0.717) is 6.54 Å². The van der Waals surface area contributed by atoms with Crippen LogP contribution in [0.5, 0.6) is 0 Å². The van der Waals surface area contributed by atoms with Crippen LogP contribution in [0.4, 0.5) is 13.2 Å². The minimum absolute atomic E-state index is 0. The molecule has 0 spiro atoms. The molecule has 130 valence electrons. The average molecular weight is 373 g/mol. The molecule has 1 aliphatic heterocycles.